The summed E-state index contributed by atoms with van der Waals surface area (Å²) >= 11 is 1.73. The standard InChI is InChI=1S/C15H19NOS/c1-17-15-6-3-12(4-7-15)2-5-14(16)10-13-8-9-18-11-13/h3-4,6-9,11,14H,2,5,10,16H2,1H3. The summed E-state index contributed by atoms with van der Waals surface area (Å²) in [5.41, 5.74) is 8.81. The van der Waals surface area contributed by atoms with Gasteiger partial charge in [-0.15, -0.1) is 0 Å². The Morgan fingerprint density at radius 2 is 1.94 bits per heavy atom. The predicted molar refractivity (Wildman–Crippen MR) is 77.3 cm³/mol. The lowest BCUT2D eigenvalue weighted by molar-refractivity contribution is 0.414. The molecule has 1 heterocycles. The van der Waals surface area contributed by atoms with Crippen LogP contribution in [0.4, 0.5) is 0 Å². The lowest BCUT2D eigenvalue weighted by Gasteiger charge is -2.10. The quantitative estimate of drug-likeness (QED) is 0.866. The Kier molecular flexibility index (Phi) is 4.79. The Hall–Kier alpha value is -1.32. The number of nitrogens with two attached hydrogens (primary N) is 1. The number of benzene rings is 1. The van der Waals surface area contributed by atoms with Crippen LogP contribution in [0.25, 0.3) is 0 Å². The Morgan fingerprint density at radius 3 is 2.56 bits per heavy atom. The van der Waals surface area contributed by atoms with E-state index in [2.05, 4.69) is 29.0 Å². The van der Waals surface area contributed by atoms with E-state index in [0.717, 1.165) is 25.0 Å². The second-order valence-corrected chi connectivity index (χ2v) is 5.26. The molecule has 0 bridgehead atoms. The molecule has 1 aromatic heterocycles. The zero-order valence-corrected chi connectivity index (χ0v) is 11.5. The second-order valence-electron chi connectivity index (χ2n) is 4.48. The largest absolute Gasteiger partial charge is 0.497 e. The van der Waals surface area contributed by atoms with Gasteiger partial charge in [0.25, 0.3) is 0 Å². The summed E-state index contributed by atoms with van der Waals surface area (Å²) in [5.74, 6) is 0.904. The number of hydrogen-bond donors (Lipinski definition) is 1. The van der Waals surface area contributed by atoms with Crippen LogP contribution >= 0.6 is 11.3 Å². The van der Waals surface area contributed by atoms with Gasteiger partial charge in [0, 0.05) is 6.04 Å². The van der Waals surface area contributed by atoms with Crippen molar-refractivity contribution in [1.29, 1.82) is 0 Å². The number of methoxy groups -OCH3 is 1. The molecule has 96 valence electrons. The first-order valence-corrected chi connectivity index (χ1v) is 7.12. The van der Waals surface area contributed by atoms with E-state index in [9.17, 15) is 0 Å². The first-order valence-electron chi connectivity index (χ1n) is 6.17. The summed E-state index contributed by atoms with van der Waals surface area (Å²) in [5, 5.41) is 4.28. The molecule has 0 aliphatic rings. The molecule has 0 radical (unpaired) electrons. The molecule has 1 atom stereocenters. The van der Waals surface area contributed by atoms with E-state index >= 15 is 0 Å². The van der Waals surface area contributed by atoms with Gasteiger partial charge in [-0.2, -0.15) is 11.3 Å². The van der Waals surface area contributed by atoms with E-state index < -0.39 is 0 Å². The van der Waals surface area contributed by atoms with Crippen molar-refractivity contribution < 1.29 is 4.74 Å². The van der Waals surface area contributed by atoms with Crippen molar-refractivity contribution in [2.24, 2.45) is 5.73 Å². The van der Waals surface area contributed by atoms with Crippen LogP contribution in [0.3, 0.4) is 0 Å². The van der Waals surface area contributed by atoms with E-state index in [1.54, 1.807) is 18.4 Å². The number of ether oxygens (including phenoxy) is 1. The molecule has 0 saturated carbocycles. The monoisotopic (exact) mass is 261 g/mol. The van der Waals surface area contributed by atoms with Gasteiger partial charge in [0.2, 0.25) is 0 Å². The highest BCUT2D eigenvalue weighted by atomic mass is 32.1. The SMILES string of the molecule is COc1ccc(CCC(N)Cc2ccsc2)cc1. The Morgan fingerprint density at radius 1 is 1.17 bits per heavy atom. The van der Waals surface area contributed by atoms with E-state index in [1.165, 1.54) is 11.1 Å². The summed E-state index contributed by atoms with van der Waals surface area (Å²) in [6, 6.07) is 10.6. The van der Waals surface area contributed by atoms with Crippen LogP contribution in [0.1, 0.15) is 17.5 Å². The maximum Gasteiger partial charge on any atom is 0.118 e. The second kappa shape index (κ2) is 6.57. The molecule has 2 nitrogen and oxygen atoms in total. The minimum absolute atomic E-state index is 0.238. The molecule has 0 amide bonds. The van der Waals surface area contributed by atoms with Gasteiger partial charge >= 0.3 is 0 Å². The van der Waals surface area contributed by atoms with Gasteiger partial charge in [-0.05, 0) is 59.3 Å². The highest BCUT2D eigenvalue weighted by Gasteiger charge is 2.05. The summed E-state index contributed by atoms with van der Waals surface area (Å²) in [6.45, 7) is 0. The summed E-state index contributed by atoms with van der Waals surface area (Å²) in [6.07, 6.45) is 3.01. The van der Waals surface area contributed by atoms with Gasteiger partial charge in [0.05, 0.1) is 7.11 Å². The van der Waals surface area contributed by atoms with Crippen LogP contribution in [0.15, 0.2) is 41.1 Å². The van der Waals surface area contributed by atoms with Crippen LogP contribution in [0, 0.1) is 0 Å². The van der Waals surface area contributed by atoms with Gasteiger partial charge in [-0.25, -0.2) is 0 Å². The van der Waals surface area contributed by atoms with Crippen LogP contribution < -0.4 is 10.5 Å². The van der Waals surface area contributed by atoms with Crippen molar-refractivity contribution in [1.82, 2.24) is 0 Å². The van der Waals surface area contributed by atoms with Crippen molar-refractivity contribution in [2.45, 2.75) is 25.3 Å². The van der Waals surface area contributed by atoms with Gasteiger partial charge in [0.15, 0.2) is 0 Å². The first-order chi connectivity index (χ1) is 8.78. The number of aryl methyl sites for hydroxylation is 1. The van der Waals surface area contributed by atoms with Crippen LogP contribution in [0.5, 0.6) is 5.75 Å². The van der Waals surface area contributed by atoms with E-state index in [0.29, 0.717) is 0 Å². The smallest absolute Gasteiger partial charge is 0.118 e. The Bertz CT molecular complexity index is 450. The molecule has 1 unspecified atom stereocenters. The zero-order valence-electron chi connectivity index (χ0n) is 10.6. The molecule has 0 aliphatic carbocycles. The third-order valence-electron chi connectivity index (χ3n) is 3.04. The zero-order chi connectivity index (χ0) is 12.8. The fourth-order valence-corrected chi connectivity index (χ4v) is 2.64. The minimum Gasteiger partial charge on any atom is -0.497 e. The lowest BCUT2D eigenvalue weighted by atomic mass is 10.0. The maximum absolute atomic E-state index is 6.15. The number of rotatable bonds is 6. The third kappa shape index (κ3) is 3.86. The summed E-state index contributed by atoms with van der Waals surface area (Å²) in [4.78, 5) is 0. The molecule has 0 spiro atoms. The highest BCUT2D eigenvalue weighted by molar-refractivity contribution is 7.07. The van der Waals surface area contributed by atoms with E-state index in [1.807, 2.05) is 12.1 Å². The molecule has 18 heavy (non-hydrogen) atoms. The molecule has 0 fully saturated rings. The van der Waals surface area contributed by atoms with Crippen LogP contribution in [-0.2, 0) is 12.8 Å². The van der Waals surface area contributed by atoms with E-state index in [4.69, 9.17) is 10.5 Å². The molecular weight excluding hydrogens is 242 g/mol. The molecular formula is C15H19NOS. The first kappa shape index (κ1) is 13.1. The minimum atomic E-state index is 0.238. The van der Waals surface area contributed by atoms with Crippen LogP contribution in [0.2, 0.25) is 0 Å². The number of thiophene rings is 1. The lowest BCUT2D eigenvalue weighted by Crippen LogP contribution is -2.23. The number of hydrogen-bond acceptors (Lipinski definition) is 3. The Labute approximate surface area is 112 Å². The molecule has 3 heteroatoms. The average Bonchev–Trinajstić information content (AvgIpc) is 2.90. The van der Waals surface area contributed by atoms with Crippen molar-refractivity contribution in [3.63, 3.8) is 0 Å². The van der Waals surface area contributed by atoms with Crippen molar-refractivity contribution >= 4 is 11.3 Å². The molecule has 0 aliphatic heterocycles. The van der Waals surface area contributed by atoms with Crippen molar-refractivity contribution in [2.75, 3.05) is 7.11 Å². The van der Waals surface area contributed by atoms with Gasteiger partial charge in [-0.1, -0.05) is 12.1 Å². The average molecular weight is 261 g/mol. The topological polar surface area (TPSA) is 35.2 Å². The molecule has 1 aromatic carbocycles. The van der Waals surface area contributed by atoms with E-state index in [-0.39, 0.29) is 6.04 Å². The molecule has 2 rings (SSSR count). The highest BCUT2D eigenvalue weighted by Crippen LogP contribution is 2.14. The fourth-order valence-electron chi connectivity index (χ4n) is 1.96. The fraction of sp³-hybridized carbons (Fsp3) is 0.333. The molecule has 0 saturated heterocycles. The van der Waals surface area contributed by atoms with Crippen molar-refractivity contribution in [3.8, 4) is 5.75 Å². The summed E-state index contributed by atoms with van der Waals surface area (Å²) in [7, 11) is 1.69. The third-order valence-corrected chi connectivity index (χ3v) is 3.77. The van der Waals surface area contributed by atoms with Gasteiger partial charge in [-0.3, -0.25) is 0 Å². The summed E-state index contributed by atoms with van der Waals surface area (Å²) < 4.78 is 5.14. The Balaban J connectivity index is 1.79. The normalized spacial score (nSPS) is 12.3. The van der Waals surface area contributed by atoms with Crippen molar-refractivity contribution in [3.05, 3.63) is 52.2 Å². The van der Waals surface area contributed by atoms with Gasteiger partial charge < -0.3 is 10.5 Å². The predicted octanol–water partition coefficient (Wildman–Crippen LogP) is 3.26. The molecule has 2 N–H and O–H groups in total. The maximum atomic E-state index is 6.15. The van der Waals surface area contributed by atoms with Gasteiger partial charge in [0.1, 0.15) is 5.75 Å². The van der Waals surface area contributed by atoms with Crippen LogP contribution in [-0.4, -0.2) is 13.2 Å². The molecule has 2 aromatic rings.